The number of methoxy groups -OCH3 is 1. The summed E-state index contributed by atoms with van der Waals surface area (Å²) in [5, 5.41) is 0. The average molecular weight is 251 g/mol. The summed E-state index contributed by atoms with van der Waals surface area (Å²) in [6.45, 7) is 5.47. The zero-order valence-electron chi connectivity index (χ0n) is 11.4. The number of esters is 1. The molecular formula is C14H21NO3. The summed E-state index contributed by atoms with van der Waals surface area (Å²) in [4.78, 5) is 11.7. The van der Waals surface area contributed by atoms with Crippen LogP contribution in [0.2, 0.25) is 0 Å². The molecule has 0 saturated carbocycles. The van der Waals surface area contributed by atoms with Crippen LogP contribution in [0.5, 0.6) is 5.75 Å². The predicted octanol–water partition coefficient (Wildman–Crippen LogP) is 1.91. The van der Waals surface area contributed by atoms with Gasteiger partial charge in [-0.1, -0.05) is 12.1 Å². The van der Waals surface area contributed by atoms with Crippen molar-refractivity contribution in [1.82, 2.24) is 0 Å². The minimum absolute atomic E-state index is 0.384. The van der Waals surface area contributed by atoms with E-state index < -0.39 is 11.6 Å². The second-order valence-corrected chi connectivity index (χ2v) is 5.20. The number of rotatable bonds is 4. The molecule has 100 valence electrons. The Labute approximate surface area is 108 Å². The van der Waals surface area contributed by atoms with Gasteiger partial charge in [-0.15, -0.1) is 0 Å². The molecule has 0 aliphatic carbocycles. The highest BCUT2D eigenvalue weighted by molar-refractivity contribution is 5.76. The van der Waals surface area contributed by atoms with Gasteiger partial charge in [-0.05, 0) is 44.9 Å². The first-order valence-electron chi connectivity index (χ1n) is 5.93. The maximum atomic E-state index is 11.7. The molecule has 0 saturated heterocycles. The van der Waals surface area contributed by atoms with Crippen LogP contribution in [0.15, 0.2) is 24.3 Å². The molecule has 1 atom stereocenters. The van der Waals surface area contributed by atoms with Gasteiger partial charge in [0.25, 0.3) is 0 Å². The monoisotopic (exact) mass is 251 g/mol. The van der Waals surface area contributed by atoms with Crippen molar-refractivity contribution in [2.45, 2.75) is 38.8 Å². The molecule has 0 radical (unpaired) electrons. The van der Waals surface area contributed by atoms with Crippen LogP contribution in [-0.4, -0.2) is 24.7 Å². The van der Waals surface area contributed by atoms with Crippen LogP contribution in [0.3, 0.4) is 0 Å². The molecule has 1 rings (SSSR count). The Morgan fingerprint density at radius 2 is 2.06 bits per heavy atom. The zero-order chi connectivity index (χ0) is 13.8. The van der Waals surface area contributed by atoms with Crippen LogP contribution >= 0.6 is 0 Å². The lowest BCUT2D eigenvalue weighted by atomic mass is 10.1. The van der Waals surface area contributed by atoms with Gasteiger partial charge in [-0.2, -0.15) is 0 Å². The summed E-state index contributed by atoms with van der Waals surface area (Å²) in [5.74, 6) is 0.370. The van der Waals surface area contributed by atoms with E-state index in [0.717, 1.165) is 11.3 Å². The molecule has 1 aromatic rings. The van der Waals surface area contributed by atoms with Gasteiger partial charge in [0.05, 0.1) is 7.11 Å². The Kier molecular flexibility index (Phi) is 4.73. The van der Waals surface area contributed by atoms with Crippen molar-refractivity contribution in [3.05, 3.63) is 29.8 Å². The van der Waals surface area contributed by atoms with E-state index in [9.17, 15) is 4.79 Å². The molecule has 18 heavy (non-hydrogen) atoms. The van der Waals surface area contributed by atoms with E-state index in [2.05, 4.69) is 0 Å². The quantitative estimate of drug-likeness (QED) is 0.830. The van der Waals surface area contributed by atoms with Gasteiger partial charge in [-0.3, -0.25) is 4.79 Å². The molecule has 0 bridgehead atoms. The minimum Gasteiger partial charge on any atom is -0.497 e. The largest absolute Gasteiger partial charge is 0.497 e. The number of hydrogen-bond donors (Lipinski definition) is 1. The summed E-state index contributed by atoms with van der Waals surface area (Å²) >= 11 is 0. The van der Waals surface area contributed by atoms with E-state index in [4.69, 9.17) is 15.2 Å². The van der Waals surface area contributed by atoms with Gasteiger partial charge >= 0.3 is 5.97 Å². The summed E-state index contributed by atoms with van der Waals surface area (Å²) in [5.41, 5.74) is 6.27. The molecule has 0 spiro atoms. The second kappa shape index (κ2) is 5.87. The molecule has 0 unspecified atom stereocenters. The highest BCUT2D eigenvalue weighted by atomic mass is 16.6. The van der Waals surface area contributed by atoms with Gasteiger partial charge in [0.15, 0.2) is 0 Å². The van der Waals surface area contributed by atoms with Gasteiger partial charge in [0, 0.05) is 0 Å². The highest BCUT2D eigenvalue weighted by Crippen LogP contribution is 2.15. The number of carbonyl (C=O) groups is 1. The Morgan fingerprint density at radius 1 is 1.39 bits per heavy atom. The maximum Gasteiger partial charge on any atom is 0.323 e. The topological polar surface area (TPSA) is 61.5 Å². The van der Waals surface area contributed by atoms with Crippen LogP contribution in [0.4, 0.5) is 0 Å². The van der Waals surface area contributed by atoms with Crippen LogP contribution in [0, 0.1) is 0 Å². The van der Waals surface area contributed by atoms with E-state index in [-0.39, 0.29) is 5.97 Å². The van der Waals surface area contributed by atoms with Crippen molar-refractivity contribution in [3.8, 4) is 5.75 Å². The molecular weight excluding hydrogens is 230 g/mol. The lowest BCUT2D eigenvalue weighted by molar-refractivity contribution is -0.156. The van der Waals surface area contributed by atoms with Gasteiger partial charge in [-0.25, -0.2) is 0 Å². The molecule has 1 aromatic carbocycles. The van der Waals surface area contributed by atoms with Crippen LogP contribution in [0.1, 0.15) is 26.3 Å². The molecule has 0 aliphatic rings. The lowest BCUT2D eigenvalue weighted by Gasteiger charge is -2.22. The first kappa shape index (κ1) is 14.5. The molecule has 0 amide bonds. The normalized spacial score (nSPS) is 12.9. The number of benzene rings is 1. The highest BCUT2D eigenvalue weighted by Gasteiger charge is 2.22. The van der Waals surface area contributed by atoms with Crippen molar-refractivity contribution in [1.29, 1.82) is 0 Å². The SMILES string of the molecule is COc1cccc(C[C@H](N)C(=O)OC(C)(C)C)c1. The summed E-state index contributed by atoms with van der Waals surface area (Å²) in [6.07, 6.45) is 0.437. The number of nitrogens with two attached hydrogens (primary N) is 1. The fraction of sp³-hybridized carbons (Fsp3) is 0.500. The molecule has 0 aromatic heterocycles. The Balaban J connectivity index is 2.63. The molecule has 4 nitrogen and oxygen atoms in total. The van der Waals surface area contributed by atoms with Crippen molar-refractivity contribution in [2.75, 3.05) is 7.11 Å². The van der Waals surface area contributed by atoms with Crippen LogP contribution < -0.4 is 10.5 Å². The van der Waals surface area contributed by atoms with Crippen molar-refractivity contribution in [2.24, 2.45) is 5.73 Å². The molecule has 4 heteroatoms. The fourth-order valence-corrected chi connectivity index (χ4v) is 1.51. The Morgan fingerprint density at radius 3 is 2.61 bits per heavy atom. The number of hydrogen-bond acceptors (Lipinski definition) is 4. The zero-order valence-corrected chi connectivity index (χ0v) is 11.4. The summed E-state index contributed by atoms with van der Waals surface area (Å²) < 4.78 is 10.4. The summed E-state index contributed by atoms with van der Waals surface area (Å²) in [6, 6.07) is 6.84. The molecule has 0 heterocycles. The fourth-order valence-electron chi connectivity index (χ4n) is 1.51. The summed E-state index contributed by atoms with van der Waals surface area (Å²) in [7, 11) is 1.60. The Bertz CT molecular complexity index is 410. The number of ether oxygens (including phenoxy) is 2. The van der Waals surface area contributed by atoms with Crippen molar-refractivity contribution >= 4 is 5.97 Å². The Hall–Kier alpha value is -1.55. The first-order valence-corrected chi connectivity index (χ1v) is 5.93. The van der Waals surface area contributed by atoms with Crippen molar-refractivity contribution in [3.63, 3.8) is 0 Å². The third-order valence-electron chi connectivity index (χ3n) is 2.30. The van der Waals surface area contributed by atoms with Gasteiger partial charge in [0.1, 0.15) is 17.4 Å². The van der Waals surface area contributed by atoms with Gasteiger partial charge < -0.3 is 15.2 Å². The first-order chi connectivity index (χ1) is 8.31. The van der Waals surface area contributed by atoms with E-state index >= 15 is 0 Å². The van der Waals surface area contributed by atoms with Crippen LogP contribution in [-0.2, 0) is 16.0 Å². The predicted molar refractivity (Wildman–Crippen MR) is 70.5 cm³/mol. The smallest absolute Gasteiger partial charge is 0.323 e. The maximum absolute atomic E-state index is 11.7. The van der Waals surface area contributed by atoms with E-state index in [1.165, 1.54) is 0 Å². The third kappa shape index (κ3) is 4.75. The molecule has 2 N–H and O–H groups in total. The standard InChI is InChI=1S/C14H21NO3/c1-14(2,3)18-13(16)12(15)9-10-6-5-7-11(8-10)17-4/h5-8,12H,9,15H2,1-4H3/t12-/m0/s1. The van der Waals surface area contributed by atoms with Crippen LogP contribution in [0.25, 0.3) is 0 Å². The average Bonchev–Trinajstić information content (AvgIpc) is 2.27. The van der Waals surface area contributed by atoms with Crippen molar-refractivity contribution < 1.29 is 14.3 Å². The second-order valence-electron chi connectivity index (χ2n) is 5.20. The van der Waals surface area contributed by atoms with E-state index in [1.807, 2.05) is 45.0 Å². The minimum atomic E-state index is -0.656. The van der Waals surface area contributed by atoms with E-state index in [1.54, 1.807) is 7.11 Å². The van der Waals surface area contributed by atoms with Gasteiger partial charge in [0.2, 0.25) is 0 Å². The molecule has 0 fully saturated rings. The lowest BCUT2D eigenvalue weighted by Crippen LogP contribution is -2.38. The van der Waals surface area contributed by atoms with E-state index in [0.29, 0.717) is 6.42 Å². The molecule has 0 aliphatic heterocycles. The number of carbonyl (C=O) groups excluding carboxylic acids is 1. The third-order valence-corrected chi connectivity index (χ3v) is 2.30.